The van der Waals surface area contributed by atoms with Gasteiger partial charge in [-0.2, -0.15) is 0 Å². The predicted octanol–water partition coefficient (Wildman–Crippen LogP) is 0.377. The second-order valence-electron chi connectivity index (χ2n) is 7.13. The molecule has 4 amide bonds. The average Bonchev–Trinajstić information content (AvgIpc) is 3.08. The van der Waals surface area contributed by atoms with Crippen LogP contribution in [0.4, 0.5) is 13.6 Å². The molecule has 0 radical (unpaired) electrons. The minimum absolute atomic E-state index is 0.0324. The van der Waals surface area contributed by atoms with E-state index in [0.29, 0.717) is 4.90 Å². The van der Waals surface area contributed by atoms with Crippen molar-refractivity contribution in [2.24, 2.45) is 0 Å². The Balaban J connectivity index is 1.78. The lowest BCUT2D eigenvalue weighted by atomic mass is 9.91. The van der Waals surface area contributed by atoms with E-state index in [0.717, 1.165) is 18.2 Å². The summed E-state index contributed by atoms with van der Waals surface area (Å²) in [5, 5.41) is 2.31. The number of nitrogens with one attached hydrogen (secondary N) is 1. The highest BCUT2D eigenvalue weighted by atomic mass is 32.2. The van der Waals surface area contributed by atoms with Crippen LogP contribution in [0.5, 0.6) is 0 Å². The molecule has 152 valence electrons. The largest absolute Gasteiger partial charge is 0.340 e. The lowest BCUT2D eigenvalue weighted by Crippen LogP contribution is -2.46. The first-order valence-electron chi connectivity index (χ1n) is 8.50. The fourth-order valence-corrected chi connectivity index (χ4v) is 5.21. The molecule has 0 bridgehead atoms. The van der Waals surface area contributed by atoms with Crippen molar-refractivity contribution >= 4 is 27.7 Å². The highest BCUT2D eigenvalue weighted by Gasteiger charge is 2.51. The van der Waals surface area contributed by atoms with Gasteiger partial charge in [0.15, 0.2) is 9.84 Å². The van der Waals surface area contributed by atoms with Crippen molar-refractivity contribution in [1.82, 2.24) is 15.1 Å². The fourth-order valence-electron chi connectivity index (χ4n) is 3.44. The molecule has 8 nitrogen and oxygen atoms in total. The molecule has 11 heteroatoms. The van der Waals surface area contributed by atoms with E-state index in [1.807, 2.05) is 0 Å². The number of amides is 4. The molecular formula is C17H19F2N3O5S. The van der Waals surface area contributed by atoms with Crippen molar-refractivity contribution in [2.45, 2.75) is 24.9 Å². The predicted molar refractivity (Wildman–Crippen MR) is 93.8 cm³/mol. The van der Waals surface area contributed by atoms with E-state index in [4.69, 9.17) is 0 Å². The minimum atomic E-state index is -3.22. The van der Waals surface area contributed by atoms with Crippen molar-refractivity contribution in [3.05, 3.63) is 35.4 Å². The van der Waals surface area contributed by atoms with E-state index < -0.39 is 57.4 Å². The van der Waals surface area contributed by atoms with Gasteiger partial charge >= 0.3 is 6.03 Å². The molecule has 0 aliphatic carbocycles. The molecule has 3 rings (SSSR count). The van der Waals surface area contributed by atoms with E-state index in [9.17, 15) is 31.6 Å². The summed E-state index contributed by atoms with van der Waals surface area (Å²) in [5.41, 5.74) is -2.21. The highest BCUT2D eigenvalue weighted by Crippen LogP contribution is 2.31. The average molecular weight is 415 g/mol. The summed E-state index contributed by atoms with van der Waals surface area (Å²) < 4.78 is 50.8. The van der Waals surface area contributed by atoms with Crippen LogP contribution in [0.3, 0.4) is 0 Å². The van der Waals surface area contributed by atoms with Gasteiger partial charge in [0.25, 0.3) is 5.91 Å². The van der Waals surface area contributed by atoms with Gasteiger partial charge in [-0.3, -0.25) is 14.5 Å². The zero-order valence-electron chi connectivity index (χ0n) is 15.2. The Morgan fingerprint density at radius 1 is 1.36 bits per heavy atom. The summed E-state index contributed by atoms with van der Waals surface area (Å²) in [5.74, 6) is -3.40. The fraction of sp³-hybridized carbons (Fsp3) is 0.471. The van der Waals surface area contributed by atoms with Crippen molar-refractivity contribution in [3.63, 3.8) is 0 Å². The third-order valence-electron chi connectivity index (χ3n) is 5.18. The number of nitrogens with zero attached hydrogens (tertiary/aromatic N) is 2. The molecule has 0 unspecified atom stereocenters. The Bertz CT molecular complexity index is 968. The van der Waals surface area contributed by atoms with Crippen LogP contribution in [0.25, 0.3) is 0 Å². The van der Waals surface area contributed by atoms with Crippen LogP contribution >= 0.6 is 0 Å². The summed E-state index contributed by atoms with van der Waals surface area (Å²) in [4.78, 5) is 39.3. The maximum absolute atomic E-state index is 14.1. The number of halogens is 2. The van der Waals surface area contributed by atoms with Gasteiger partial charge in [0.2, 0.25) is 5.91 Å². The quantitative estimate of drug-likeness (QED) is 0.716. The lowest BCUT2D eigenvalue weighted by molar-refractivity contribution is -0.139. The second-order valence-corrected chi connectivity index (χ2v) is 9.36. The zero-order valence-corrected chi connectivity index (χ0v) is 16.1. The van der Waals surface area contributed by atoms with Crippen molar-refractivity contribution < 1.29 is 31.6 Å². The number of rotatable bonds is 4. The Hall–Kier alpha value is -2.56. The van der Waals surface area contributed by atoms with Crippen LogP contribution in [-0.2, 0) is 25.0 Å². The number of sulfone groups is 1. The second kappa shape index (κ2) is 6.80. The molecule has 2 heterocycles. The van der Waals surface area contributed by atoms with Gasteiger partial charge in [-0.15, -0.1) is 0 Å². The third kappa shape index (κ3) is 3.46. The van der Waals surface area contributed by atoms with E-state index >= 15 is 0 Å². The number of hydrogen-bond acceptors (Lipinski definition) is 5. The first kappa shape index (κ1) is 20.2. The normalized spacial score (nSPS) is 26.4. The van der Waals surface area contributed by atoms with Gasteiger partial charge in [-0.25, -0.2) is 22.0 Å². The van der Waals surface area contributed by atoms with E-state index in [-0.39, 0.29) is 23.5 Å². The van der Waals surface area contributed by atoms with Gasteiger partial charge in [-0.05, 0) is 31.5 Å². The van der Waals surface area contributed by atoms with Crippen LogP contribution in [-0.4, -0.2) is 67.2 Å². The summed E-state index contributed by atoms with van der Waals surface area (Å²) in [6.45, 7) is 0.590. The molecular weight excluding hydrogens is 396 g/mol. The number of carbonyl (C=O) groups is 3. The van der Waals surface area contributed by atoms with Crippen molar-refractivity contribution in [3.8, 4) is 0 Å². The summed E-state index contributed by atoms with van der Waals surface area (Å²) >= 11 is 0. The third-order valence-corrected chi connectivity index (χ3v) is 6.94. The Morgan fingerprint density at radius 3 is 2.64 bits per heavy atom. The summed E-state index contributed by atoms with van der Waals surface area (Å²) in [6, 6.07) is 1.09. The molecule has 2 aliphatic heterocycles. The molecule has 1 N–H and O–H groups in total. The van der Waals surface area contributed by atoms with Gasteiger partial charge in [0, 0.05) is 18.7 Å². The molecule has 2 saturated heterocycles. The standard InChI is InChI=1S/C17H19F2N3O5S/c1-17(12-7-10(18)3-4-13(12)19)15(24)22(16(25)20-17)8-14(23)21(2)11-5-6-28(26,27)9-11/h3-4,7,11H,5-6,8-9H2,1-2H3,(H,20,25)/t11-,17-/m0/s1. The Morgan fingerprint density at radius 2 is 2.04 bits per heavy atom. The van der Waals surface area contributed by atoms with Crippen LogP contribution < -0.4 is 5.32 Å². The van der Waals surface area contributed by atoms with Gasteiger partial charge < -0.3 is 10.2 Å². The van der Waals surface area contributed by atoms with E-state index in [1.165, 1.54) is 18.9 Å². The molecule has 1 aromatic carbocycles. The highest BCUT2D eigenvalue weighted by molar-refractivity contribution is 7.91. The van der Waals surface area contributed by atoms with Crippen molar-refractivity contribution in [2.75, 3.05) is 25.1 Å². The molecule has 28 heavy (non-hydrogen) atoms. The topological polar surface area (TPSA) is 104 Å². The van der Waals surface area contributed by atoms with Gasteiger partial charge in [0.1, 0.15) is 23.7 Å². The van der Waals surface area contributed by atoms with Crippen LogP contribution in [0.1, 0.15) is 18.9 Å². The number of imide groups is 1. The smallest absolute Gasteiger partial charge is 0.325 e. The number of likely N-dealkylation sites (N-methyl/N-ethyl adjacent to an activating group) is 1. The van der Waals surface area contributed by atoms with Gasteiger partial charge in [-0.1, -0.05) is 0 Å². The number of hydrogen-bond donors (Lipinski definition) is 1. The molecule has 0 aromatic heterocycles. The summed E-state index contributed by atoms with van der Waals surface area (Å²) in [6.07, 6.45) is 0.275. The number of carbonyl (C=O) groups excluding carboxylic acids is 3. The van der Waals surface area contributed by atoms with E-state index in [1.54, 1.807) is 0 Å². The maximum Gasteiger partial charge on any atom is 0.325 e. The SMILES string of the molecule is CN(C(=O)CN1C(=O)N[C@@](C)(c2cc(F)ccc2F)C1=O)[C@H]1CCS(=O)(=O)C1. The van der Waals surface area contributed by atoms with E-state index in [2.05, 4.69) is 5.32 Å². The summed E-state index contributed by atoms with van der Waals surface area (Å²) in [7, 11) is -1.82. The number of benzene rings is 1. The molecule has 0 spiro atoms. The Kier molecular flexibility index (Phi) is 4.90. The molecule has 2 atom stereocenters. The van der Waals surface area contributed by atoms with Crippen LogP contribution in [0.2, 0.25) is 0 Å². The first-order valence-corrected chi connectivity index (χ1v) is 10.3. The molecule has 2 fully saturated rings. The number of urea groups is 1. The van der Waals surface area contributed by atoms with Crippen LogP contribution in [0.15, 0.2) is 18.2 Å². The zero-order chi connectivity index (χ0) is 20.9. The monoisotopic (exact) mass is 415 g/mol. The lowest BCUT2D eigenvalue weighted by Gasteiger charge is -2.26. The minimum Gasteiger partial charge on any atom is -0.340 e. The molecule has 0 saturated carbocycles. The van der Waals surface area contributed by atoms with Crippen LogP contribution in [0, 0.1) is 11.6 Å². The molecule has 2 aliphatic rings. The Labute approximate surface area is 160 Å². The van der Waals surface area contributed by atoms with Crippen molar-refractivity contribution in [1.29, 1.82) is 0 Å². The first-order chi connectivity index (χ1) is 12.9. The molecule has 1 aromatic rings. The maximum atomic E-state index is 14.1. The van der Waals surface area contributed by atoms with Gasteiger partial charge in [0.05, 0.1) is 11.5 Å².